The van der Waals surface area contributed by atoms with Gasteiger partial charge in [-0.25, -0.2) is 9.97 Å². The molecule has 1 saturated heterocycles. The summed E-state index contributed by atoms with van der Waals surface area (Å²) < 4.78 is 0. The predicted molar refractivity (Wildman–Crippen MR) is 89.8 cm³/mol. The van der Waals surface area contributed by atoms with Crippen molar-refractivity contribution in [3.63, 3.8) is 0 Å². The molecule has 5 nitrogen and oxygen atoms in total. The molecule has 3 heterocycles. The van der Waals surface area contributed by atoms with E-state index >= 15 is 0 Å². The lowest BCUT2D eigenvalue weighted by molar-refractivity contribution is 0.102. The fraction of sp³-hybridized carbons (Fsp3) is 0.438. The first-order valence-electron chi connectivity index (χ1n) is 7.61. The summed E-state index contributed by atoms with van der Waals surface area (Å²) in [6.07, 6.45) is 5.89. The monoisotopic (exact) mass is 316 g/mol. The zero-order valence-electron chi connectivity index (χ0n) is 12.9. The van der Waals surface area contributed by atoms with Gasteiger partial charge in [-0.05, 0) is 30.9 Å². The maximum absolute atomic E-state index is 12.2. The highest BCUT2D eigenvalue weighted by Gasteiger charge is 2.15. The molecule has 6 heteroatoms. The second kappa shape index (κ2) is 6.44. The molecule has 0 spiro atoms. The first kappa shape index (κ1) is 15.0. The molecule has 0 aliphatic carbocycles. The van der Waals surface area contributed by atoms with Crippen LogP contribution in [0.25, 0.3) is 0 Å². The second-order valence-electron chi connectivity index (χ2n) is 5.78. The Kier molecular flexibility index (Phi) is 4.38. The first-order valence-corrected chi connectivity index (χ1v) is 8.43. The molecule has 1 N–H and O–H groups in total. The molecule has 1 fully saturated rings. The minimum Gasteiger partial charge on any atom is -0.357 e. The van der Waals surface area contributed by atoms with Crippen LogP contribution in [0.15, 0.2) is 24.5 Å². The zero-order valence-corrected chi connectivity index (χ0v) is 13.7. The number of hydrogen-bond donors (Lipinski definition) is 1. The van der Waals surface area contributed by atoms with Crippen molar-refractivity contribution in [2.45, 2.75) is 32.6 Å². The second-order valence-corrected chi connectivity index (χ2v) is 6.84. The lowest BCUT2D eigenvalue weighted by atomic mass is 10.2. The third kappa shape index (κ3) is 3.27. The van der Waals surface area contributed by atoms with Gasteiger partial charge in [0, 0.05) is 30.4 Å². The molecule has 3 rings (SSSR count). The van der Waals surface area contributed by atoms with Crippen LogP contribution in [0.4, 0.5) is 10.9 Å². The maximum Gasteiger partial charge on any atom is 0.259 e. The summed E-state index contributed by atoms with van der Waals surface area (Å²) >= 11 is 1.52. The number of nitrogens with zero attached hydrogens (tertiary/aromatic N) is 3. The van der Waals surface area contributed by atoms with Crippen LogP contribution in [-0.2, 0) is 0 Å². The Balaban J connectivity index is 1.66. The maximum atomic E-state index is 12.2. The van der Waals surface area contributed by atoms with E-state index in [1.54, 1.807) is 6.20 Å². The number of carbonyl (C=O) groups is 1. The predicted octanol–water partition coefficient (Wildman–Crippen LogP) is 3.51. The average Bonchev–Trinajstić information content (AvgIpc) is 3.19. The Morgan fingerprint density at radius 3 is 2.59 bits per heavy atom. The van der Waals surface area contributed by atoms with Crippen molar-refractivity contribution < 1.29 is 4.79 Å². The molecule has 0 saturated carbocycles. The van der Waals surface area contributed by atoms with E-state index in [1.165, 1.54) is 24.2 Å². The Morgan fingerprint density at radius 1 is 1.23 bits per heavy atom. The van der Waals surface area contributed by atoms with Crippen molar-refractivity contribution in [3.8, 4) is 0 Å². The van der Waals surface area contributed by atoms with Crippen molar-refractivity contribution in [3.05, 3.63) is 35.0 Å². The minimum absolute atomic E-state index is 0.162. The molecular weight excluding hydrogens is 296 g/mol. The molecule has 1 aliphatic heterocycles. The molecule has 116 valence electrons. The Bertz CT molecular complexity index is 644. The smallest absolute Gasteiger partial charge is 0.259 e. The zero-order chi connectivity index (χ0) is 15.5. The quantitative estimate of drug-likeness (QED) is 0.937. The van der Waals surface area contributed by atoms with Gasteiger partial charge in [0.25, 0.3) is 5.91 Å². The number of pyridine rings is 1. The van der Waals surface area contributed by atoms with Gasteiger partial charge in [-0.2, -0.15) is 0 Å². The van der Waals surface area contributed by atoms with Crippen LogP contribution < -0.4 is 10.2 Å². The fourth-order valence-electron chi connectivity index (χ4n) is 2.43. The van der Waals surface area contributed by atoms with Gasteiger partial charge in [0.15, 0.2) is 5.13 Å². The van der Waals surface area contributed by atoms with Crippen molar-refractivity contribution in [1.29, 1.82) is 0 Å². The highest BCUT2D eigenvalue weighted by atomic mass is 32.1. The van der Waals surface area contributed by atoms with Crippen LogP contribution in [0.1, 0.15) is 47.8 Å². The Hall–Kier alpha value is -1.95. The van der Waals surface area contributed by atoms with Crippen molar-refractivity contribution >= 4 is 28.2 Å². The van der Waals surface area contributed by atoms with E-state index in [-0.39, 0.29) is 5.91 Å². The van der Waals surface area contributed by atoms with Crippen molar-refractivity contribution in [1.82, 2.24) is 9.97 Å². The lowest BCUT2D eigenvalue weighted by Crippen LogP contribution is -2.19. The van der Waals surface area contributed by atoms with Crippen LogP contribution in [0.3, 0.4) is 0 Å². The van der Waals surface area contributed by atoms with Gasteiger partial charge in [-0.3, -0.25) is 10.1 Å². The molecule has 0 atom stereocenters. The molecular formula is C16H20N4OS. The average molecular weight is 316 g/mol. The molecule has 1 amide bonds. The lowest BCUT2D eigenvalue weighted by Gasteiger charge is -2.15. The number of hydrogen-bond acceptors (Lipinski definition) is 5. The number of rotatable bonds is 4. The van der Waals surface area contributed by atoms with E-state index in [2.05, 4.69) is 34.0 Å². The summed E-state index contributed by atoms with van der Waals surface area (Å²) in [5.41, 5.74) is 0.559. The molecule has 0 aromatic carbocycles. The van der Waals surface area contributed by atoms with Crippen molar-refractivity contribution in [2.24, 2.45) is 0 Å². The van der Waals surface area contributed by atoms with Gasteiger partial charge in [0.05, 0.1) is 5.56 Å². The standard InChI is InChI=1S/C16H20N4OS/c1-11(2)13-10-18-16(22-13)19-15(21)12-5-6-14(17-9-12)20-7-3-4-8-20/h5-6,9-11H,3-4,7-8H2,1-2H3,(H,18,19,21). The molecule has 1 aliphatic rings. The van der Waals surface area contributed by atoms with Gasteiger partial charge in [-0.15, -0.1) is 11.3 Å². The van der Waals surface area contributed by atoms with E-state index in [0.29, 0.717) is 16.6 Å². The summed E-state index contributed by atoms with van der Waals surface area (Å²) in [6.45, 7) is 6.32. The van der Waals surface area contributed by atoms with Gasteiger partial charge in [0.2, 0.25) is 0 Å². The van der Waals surface area contributed by atoms with Gasteiger partial charge in [-0.1, -0.05) is 13.8 Å². The topological polar surface area (TPSA) is 58.1 Å². The number of carbonyl (C=O) groups excluding carboxylic acids is 1. The molecule has 0 radical (unpaired) electrons. The van der Waals surface area contributed by atoms with E-state index in [9.17, 15) is 4.79 Å². The largest absolute Gasteiger partial charge is 0.357 e. The number of thiazole rings is 1. The minimum atomic E-state index is -0.162. The Labute approximate surface area is 134 Å². The normalized spacial score (nSPS) is 14.6. The van der Waals surface area contributed by atoms with Crippen LogP contribution in [0.2, 0.25) is 0 Å². The molecule has 22 heavy (non-hydrogen) atoms. The van der Waals surface area contributed by atoms with Gasteiger partial charge >= 0.3 is 0 Å². The number of amides is 1. The van der Waals surface area contributed by atoms with E-state index < -0.39 is 0 Å². The summed E-state index contributed by atoms with van der Waals surface area (Å²) in [4.78, 5) is 24.3. The molecule has 2 aromatic heterocycles. The molecule has 0 unspecified atom stereocenters. The fourth-order valence-corrected chi connectivity index (χ4v) is 3.25. The summed E-state index contributed by atoms with van der Waals surface area (Å²) in [7, 11) is 0. The molecule has 2 aromatic rings. The summed E-state index contributed by atoms with van der Waals surface area (Å²) in [5, 5.41) is 3.47. The van der Waals surface area contributed by atoms with E-state index in [1.807, 2.05) is 18.3 Å². The molecule has 0 bridgehead atoms. The number of nitrogens with one attached hydrogen (secondary N) is 1. The van der Waals surface area contributed by atoms with Crippen LogP contribution in [-0.4, -0.2) is 29.0 Å². The first-order chi connectivity index (χ1) is 10.6. The summed E-state index contributed by atoms with van der Waals surface area (Å²) in [5.74, 6) is 1.21. The highest BCUT2D eigenvalue weighted by molar-refractivity contribution is 7.15. The Morgan fingerprint density at radius 2 is 2.00 bits per heavy atom. The third-order valence-electron chi connectivity index (χ3n) is 3.75. The van der Waals surface area contributed by atoms with Gasteiger partial charge in [0.1, 0.15) is 5.82 Å². The highest BCUT2D eigenvalue weighted by Crippen LogP contribution is 2.25. The van der Waals surface area contributed by atoms with Crippen LogP contribution >= 0.6 is 11.3 Å². The van der Waals surface area contributed by atoms with E-state index in [4.69, 9.17) is 0 Å². The van der Waals surface area contributed by atoms with Crippen LogP contribution in [0.5, 0.6) is 0 Å². The van der Waals surface area contributed by atoms with Gasteiger partial charge < -0.3 is 4.90 Å². The van der Waals surface area contributed by atoms with E-state index in [0.717, 1.165) is 23.8 Å². The van der Waals surface area contributed by atoms with Crippen LogP contribution in [0, 0.1) is 0 Å². The summed E-state index contributed by atoms with van der Waals surface area (Å²) in [6, 6.07) is 3.74. The van der Waals surface area contributed by atoms with Crippen molar-refractivity contribution in [2.75, 3.05) is 23.3 Å². The number of anilines is 2. The third-order valence-corrected chi connectivity index (χ3v) is 4.97. The SMILES string of the molecule is CC(C)c1cnc(NC(=O)c2ccc(N3CCCC3)nc2)s1. The number of aromatic nitrogens is 2.